The van der Waals surface area contributed by atoms with Crippen LogP contribution in [0.15, 0.2) is 30.2 Å². The molecule has 0 bridgehead atoms. The van der Waals surface area contributed by atoms with E-state index in [0.717, 1.165) is 24.2 Å². The average molecular weight is 437 g/mol. The highest BCUT2D eigenvalue weighted by Gasteiger charge is 2.29. The standard InChI is InChI=1S/C22H28N8O2/c1-22(2)6-15(28-11-22)13(7-23)14-5-12(3-4-26-14)16-9-27-20(24)19(29-16)21(32)30-17-8-25-10-18(17)31/h3-5,7,9,17-18,23,25,28,31H,6,8,10-11H2,1-2H3,(H2,24,27)(H,30,32)/b15-13+,23-7?. The molecule has 0 aromatic carbocycles. The Morgan fingerprint density at radius 1 is 1.38 bits per heavy atom. The minimum absolute atomic E-state index is 0.00445. The Balaban J connectivity index is 1.63. The number of pyridine rings is 1. The molecule has 7 N–H and O–H groups in total. The number of nitrogens with zero attached hydrogens (tertiary/aromatic N) is 3. The van der Waals surface area contributed by atoms with Crippen LogP contribution < -0.4 is 21.7 Å². The summed E-state index contributed by atoms with van der Waals surface area (Å²) in [4.78, 5) is 25.7. The van der Waals surface area contributed by atoms with Gasteiger partial charge in [-0.05, 0) is 24.0 Å². The molecule has 2 aliphatic heterocycles. The molecule has 0 aliphatic carbocycles. The molecular formula is C22H28N8O2. The van der Waals surface area contributed by atoms with E-state index in [1.807, 2.05) is 6.07 Å². The maximum atomic E-state index is 12.7. The Hall–Kier alpha value is -3.37. The minimum atomic E-state index is -0.666. The van der Waals surface area contributed by atoms with Crippen molar-refractivity contribution in [3.8, 4) is 11.3 Å². The smallest absolute Gasteiger partial charge is 0.274 e. The van der Waals surface area contributed by atoms with Gasteiger partial charge in [-0.2, -0.15) is 0 Å². The van der Waals surface area contributed by atoms with Gasteiger partial charge in [-0.25, -0.2) is 9.97 Å². The quantitative estimate of drug-likeness (QED) is 0.371. The summed E-state index contributed by atoms with van der Waals surface area (Å²) in [5, 5.41) is 27.0. The van der Waals surface area contributed by atoms with E-state index in [1.54, 1.807) is 12.3 Å². The zero-order valence-electron chi connectivity index (χ0n) is 18.1. The summed E-state index contributed by atoms with van der Waals surface area (Å²) < 4.78 is 0. The van der Waals surface area contributed by atoms with E-state index < -0.39 is 18.1 Å². The monoisotopic (exact) mass is 436 g/mol. The number of allylic oxidation sites excluding steroid dienone is 2. The molecule has 2 aliphatic rings. The van der Waals surface area contributed by atoms with Crippen LogP contribution in [0.5, 0.6) is 0 Å². The predicted octanol–water partition coefficient (Wildman–Crippen LogP) is 0.563. The van der Waals surface area contributed by atoms with Gasteiger partial charge in [-0.3, -0.25) is 9.78 Å². The van der Waals surface area contributed by atoms with Gasteiger partial charge in [0, 0.05) is 48.9 Å². The fraction of sp³-hybridized carbons (Fsp3) is 0.409. The molecule has 4 rings (SSSR count). The van der Waals surface area contributed by atoms with Crippen molar-refractivity contribution in [1.29, 1.82) is 5.41 Å². The Morgan fingerprint density at radius 3 is 2.84 bits per heavy atom. The summed E-state index contributed by atoms with van der Waals surface area (Å²) in [6, 6.07) is 3.19. The highest BCUT2D eigenvalue weighted by molar-refractivity contribution is 6.09. The van der Waals surface area contributed by atoms with Crippen LogP contribution in [0.2, 0.25) is 0 Å². The van der Waals surface area contributed by atoms with Crippen molar-refractivity contribution in [2.45, 2.75) is 32.4 Å². The SMILES string of the molecule is CC1(C)CN/C(=C(\C=N)c2cc(-c3cnc(N)c(C(=O)NC4CNCC4O)n3)ccn2)C1. The third-order valence-corrected chi connectivity index (χ3v) is 5.75. The highest BCUT2D eigenvalue weighted by Crippen LogP contribution is 2.33. The molecule has 2 unspecified atom stereocenters. The van der Waals surface area contributed by atoms with Crippen molar-refractivity contribution in [1.82, 2.24) is 30.9 Å². The Morgan fingerprint density at radius 2 is 2.19 bits per heavy atom. The lowest BCUT2D eigenvalue weighted by Crippen LogP contribution is -2.43. The number of rotatable bonds is 5. The van der Waals surface area contributed by atoms with Crippen LogP contribution in [-0.2, 0) is 0 Å². The third-order valence-electron chi connectivity index (χ3n) is 5.75. The normalized spacial score (nSPS) is 23.5. The summed E-state index contributed by atoms with van der Waals surface area (Å²) in [5.41, 5.74) is 9.56. The summed E-state index contributed by atoms with van der Waals surface area (Å²) in [7, 11) is 0. The second-order valence-corrected chi connectivity index (χ2v) is 8.96. The molecule has 2 aromatic rings. The number of amides is 1. The fourth-order valence-electron chi connectivity index (χ4n) is 3.95. The number of hydrogen-bond donors (Lipinski definition) is 6. The summed E-state index contributed by atoms with van der Waals surface area (Å²) in [6.07, 6.45) is 4.63. The molecule has 10 nitrogen and oxygen atoms in total. The summed E-state index contributed by atoms with van der Waals surface area (Å²) in [6.45, 7) is 6.08. The number of aliphatic hydroxyl groups is 1. The van der Waals surface area contributed by atoms with Crippen LogP contribution in [0, 0.1) is 10.8 Å². The van der Waals surface area contributed by atoms with Gasteiger partial charge in [0.25, 0.3) is 5.91 Å². The maximum Gasteiger partial charge on any atom is 0.274 e. The first kappa shape index (κ1) is 21.8. The van der Waals surface area contributed by atoms with Crippen LogP contribution in [0.1, 0.15) is 36.5 Å². The molecule has 2 atom stereocenters. The molecule has 0 spiro atoms. The molecule has 1 amide bonds. The predicted molar refractivity (Wildman–Crippen MR) is 122 cm³/mol. The number of carbonyl (C=O) groups is 1. The third kappa shape index (κ3) is 4.46. The number of anilines is 1. The first-order chi connectivity index (χ1) is 15.3. The summed E-state index contributed by atoms with van der Waals surface area (Å²) in [5.74, 6) is -0.473. The first-order valence-electron chi connectivity index (χ1n) is 10.5. The number of aromatic nitrogens is 3. The molecule has 2 fully saturated rings. The Kier molecular flexibility index (Phi) is 5.90. The number of aliphatic hydroxyl groups excluding tert-OH is 1. The lowest BCUT2D eigenvalue weighted by atomic mass is 9.91. The van der Waals surface area contributed by atoms with E-state index in [4.69, 9.17) is 11.1 Å². The van der Waals surface area contributed by atoms with Crippen molar-refractivity contribution in [2.75, 3.05) is 25.4 Å². The van der Waals surface area contributed by atoms with Crippen LogP contribution >= 0.6 is 0 Å². The number of carbonyl (C=O) groups excluding carboxylic acids is 1. The Labute approximate surface area is 186 Å². The second-order valence-electron chi connectivity index (χ2n) is 8.96. The van der Waals surface area contributed by atoms with E-state index >= 15 is 0 Å². The number of β-amino-alcohol motifs (C(OH)–C–C–N with tert-alkyl or cyclic N) is 1. The van der Waals surface area contributed by atoms with E-state index in [2.05, 4.69) is 44.7 Å². The van der Waals surface area contributed by atoms with Crippen LogP contribution in [0.3, 0.4) is 0 Å². The van der Waals surface area contributed by atoms with E-state index in [0.29, 0.717) is 30.0 Å². The number of hydrogen-bond acceptors (Lipinski definition) is 9. The molecule has 0 radical (unpaired) electrons. The number of nitrogen functional groups attached to an aromatic ring is 1. The number of nitrogens with two attached hydrogens (primary N) is 1. The zero-order chi connectivity index (χ0) is 22.9. The van der Waals surface area contributed by atoms with Gasteiger partial charge in [-0.1, -0.05) is 13.8 Å². The molecule has 2 saturated heterocycles. The molecule has 2 aromatic heterocycles. The maximum absolute atomic E-state index is 12.7. The van der Waals surface area contributed by atoms with Gasteiger partial charge in [0.2, 0.25) is 0 Å². The molecule has 168 valence electrons. The largest absolute Gasteiger partial charge is 0.390 e. The zero-order valence-corrected chi connectivity index (χ0v) is 18.1. The van der Waals surface area contributed by atoms with E-state index in [-0.39, 0.29) is 16.9 Å². The lowest BCUT2D eigenvalue weighted by molar-refractivity contribution is 0.0884. The van der Waals surface area contributed by atoms with Crippen molar-refractivity contribution >= 4 is 23.5 Å². The van der Waals surface area contributed by atoms with Crippen molar-refractivity contribution in [3.63, 3.8) is 0 Å². The lowest BCUT2D eigenvalue weighted by Gasteiger charge is -2.16. The van der Waals surface area contributed by atoms with Crippen molar-refractivity contribution < 1.29 is 9.90 Å². The van der Waals surface area contributed by atoms with Crippen LogP contribution in [0.25, 0.3) is 16.8 Å². The van der Waals surface area contributed by atoms with Crippen molar-refractivity contribution in [2.24, 2.45) is 5.41 Å². The molecule has 10 heteroatoms. The Bertz CT molecular complexity index is 1080. The second kappa shape index (κ2) is 8.64. The number of nitrogens with one attached hydrogen (secondary N) is 4. The molecule has 32 heavy (non-hydrogen) atoms. The molecule has 4 heterocycles. The van der Waals surface area contributed by atoms with Crippen molar-refractivity contribution in [3.05, 3.63) is 41.6 Å². The van der Waals surface area contributed by atoms with Crippen LogP contribution in [0.4, 0.5) is 5.82 Å². The van der Waals surface area contributed by atoms with Gasteiger partial charge >= 0.3 is 0 Å². The highest BCUT2D eigenvalue weighted by atomic mass is 16.3. The van der Waals surface area contributed by atoms with Gasteiger partial charge in [0.05, 0.1) is 29.7 Å². The van der Waals surface area contributed by atoms with E-state index in [1.165, 1.54) is 12.4 Å². The molecular weight excluding hydrogens is 408 g/mol. The fourth-order valence-corrected chi connectivity index (χ4v) is 3.95. The van der Waals surface area contributed by atoms with Gasteiger partial charge < -0.3 is 32.2 Å². The van der Waals surface area contributed by atoms with Gasteiger partial charge in [-0.15, -0.1) is 0 Å². The summed E-state index contributed by atoms with van der Waals surface area (Å²) >= 11 is 0. The van der Waals surface area contributed by atoms with E-state index in [9.17, 15) is 9.90 Å². The molecule has 0 saturated carbocycles. The first-order valence-corrected chi connectivity index (χ1v) is 10.5. The average Bonchev–Trinajstić information content (AvgIpc) is 3.33. The minimum Gasteiger partial charge on any atom is -0.390 e. The van der Waals surface area contributed by atoms with Gasteiger partial charge in [0.15, 0.2) is 11.5 Å². The van der Waals surface area contributed by atoms with Gasteiger partial charge in [0.1, 0.15) is 0 Å². The van der Waals surface area contributed by atoms with Crippen LogP contribution in [-0.4, -0.2) is 64.0 Å². The topological polar surface area (TPSA) is 162 Å².